The number of aryl methyl sites for hydroxylation is 1. The van der Waals surface area contributed by atoms with Gasteiger partial charge in [-0.15, -0.1) is 0 Å². The first-order valence-electron chi connectivity index (χ1n) is 6.20. The number of hydrogen-bond donors (Lipinski definition) is 1. The van der Waals surface area contributed by atoms with E-state index in [9.17, 15) is 13.6 Å². The van der Waals surface area contributed by atoms with E-state index in [1.54, 1.807) is 13.0 Å². The Morgan fingerprint density at radius 3 is 2.75 bits per heavy atom. The minimum atomic E-state index is -0.970. The van der Waals surface area contributed by atoms with Crippen LogP contribution in [0.2, 0.25) is 0 Å². The zero-order valence-corrected chi connectivity index (χ0v) is 10.7. The number of aromatic nitrogens is 1. The monoisotopic (exact) mass is 278 g/mol. The maximum Gasteiger partial charge on any atom is 0.310 e. The van der Waals surface area contributed by atoms with Crippen LogP contribution in [0, 0.1) is 24.5 Å². The quantitative estimate of drug-likeness (QED) is 0.916. The summed E-state index contributed by atoms with van der Waals surface area (Å²) in [6.07, 6.45) is 0. The second-order valence-electron chi connectivity index (χ2n) is 4.98. The summed E-state index contributed by atoms with van der Waals surface area (Å²) in [7, 11) is 0. The predicted octanol–water partition coefficient (Wildman–Crippen LogP) is 2.34. The van der Waals surface area contributed by atoms with Gasteiger partial charge in [0.05, 0.1) is 5.92 Å². The fraction of sp³-hybridized carbons (Fsp3) is 0.286. The highest BCUT2D eigenvalue weighted by atomic mass is 19.2. The molecule has 0 amide bonds. The van der Waals surface area contributed by atoms with Crippen molar-refractivity contribution in [2.24, 2.45) is 5.92 Å². The van der Waals surface area contributed by atoms with Crippen LogP contribution in [0.1, 0.15) is 5.69 Å². The third-order valence-corrected chi connectivity index (χ3v) is 3.55. The van der Waals surface area contributed by atoms with Crippen molar-refractivity contribution in [3.05, 3.63) is 35.5 Å². The summed E-state index contributed by atoms with van der Waals surface area (Å²) >= 11 is 0. The highest BCUT2D eigenvalue weighted by Crippen LogP contribution is 2.33. The van der Waals surface area contributed by atoms with Crippen molar-refractivity contribution < 1.29 is 18.7 Å². The van der Waals surface area contributed by atoms with E-state index in [0.717, 1.165) is 6.07 Å². The number of carboxylic acid groups (broad SMARTS) is 1. The van der Waals surface area contributed by atoms with E-state index in [4.69, 9.17) is 5.11 Å². The molecule has 1 aliphatic heterocycles. The number of benzene rings is 1. The fourth-order valence-corrected chi connectivity index (χ4v) is 2.43. The Kier molecular flexibility index (Phi) is 2.81. The molecule has 2 aromatic rings. The molecule has 3 rings (SSSR count). The van der Waals surface area contributed by atoms with Gasteiger partial charge in [-0.2, -0.15) is 0 Å². The van der Waals surface area contributed by atoms with Crippen LogP contribution in [-0.2, 0) is 4.79 Å². The van der Waals surface area contributed by atoms with Gasteiger partial charge in [0, 0.05) is 29.9 Å². The van der Waals surface area contributed by atoms with E-state index in [1.807, 2.05) is 4.90 Å². The average Bonchev–Trinajstić information content (AvgIpc) is 2.32. The highest BCUT2D eigenvalue weighted by molar-refractivity contribution is 5.93. The molecular formula is C14H12F2N2O2. The summed E-state index contributed by atoms with van der Waals surface area (Å²) < 4.78 is 27.1. The second kappa shape index (κ2) is 4.40. The standard InChI is InChI=1S/C14H12F2N2O2/c1-7-4-11(18-5-8(6-18)14(19)20)9-2-3-10(15)12(16)13(9)17-7/h2-4,8H,5-6H2,1H3,(H,19,20). The minimum Gasteiger partial charge on any atom is -0.481 e. The summed E-state index contributed by atoms with van der Waals surface area (Å²) in [5, 5.41) is 9.40. The Morgan fingerprint density at radius 1 is 1.40 bits per heavy atom. The first kappa shape index (κ1) is 12.8. The maximum atomic E-state index is 13.8. The first-order chi connectivity index (χ1) is 9.47. The number of pyridine rings is 1. The predicted molar refractivity (Wildman–Crippen MR) is 69.7 cm³/mol. The molecule has 6 heteroatoms. The molecule has 0 bridgehead atoms. The van der Waals surface area contributed by atoms with Crippen LogP contribution in [0.3, 0.4) is 0 Å². The lowest BCUT2D eigenvalue weighted by Gasteiger charge is -2.39. The molecule has 1 fully saturated rings. The van der Waals surface area contributed by atoms with Crippen LogP contribution in [0.4, 0.5) is 14.5 Å². The largest absolute Gasteiger partial charge is 0.481 e. The summed E-state index contributed by atoms with van der Waals surface area (Å²) in [6.45, 7) is 2.43. The van der Waals surface area contributed by atoms with Crippen LogP contribution in [0.5, 0.6) is 0 Å². The van der Waals surface area contributed by atoms with Gasteiger partial charge in [-0.25, -0.2) is 13.8 Å². The van der Waals surface area contributed by atoms with E-state index < -0.39 is 23.5 Å². The van der Waals surface area contributed by atoms with Crippen molar-refractivity contribution in [1.82, 2.24) is 4.98 Å². The molecule has 1 saturated heterocycles. The lowest BCUT2D eigenvalue weighted by Crippen LogP contribution is -2.50. The molecule has 0 atom stereocenters. The van der Waals surface area contributed by atoms with Crippen LogP contribution in [-0.4, -0.2) is 29.1 Å². The maximum absolute atomic E-state index is 13.8. The lowest BCUT2D eigenvalue weighted by atomic mass is 9.98. The Labute approximate surface area is 113 Å². The van der Waals surface area contributed by atoms with Crippen molar-refractivity contribution in [3.8, 4) is 0 Å². The zero-order valence-electron chi connectivity index (χ0n) is 10.7. The molecule has 1 aromatic carbocycles. The number of hydrogen-bond acceptors (Lipinski definition) is 3. The SMILES string of the molecule is Cc1cc(N2CC(C(=O)O)C2)c2ccc(F)c(F)c2n1. The normalized spacial score (nSPS) is 15.4. The summed E-state index contributed by atoms with van der Waals surface area (Å²) in [4.78, 5) is 16.7. The van der Waals surface area contributed by atoms with Gasteiger partial charge in [0.25, 0.3) is 0 Å². The van der Waals surface area contributed by atoms with Crippen molar-refractivity contribution in [2.75, 3.05) is 18.0 Å². The van der Waals surface area contributed by atoms with Crippen molar-refractivity contribution >= 4 is 22.6 Å². The van der Waals surface area contributed by atoms with Gasteiger partial charge < -0.3 is 10.0 Å². The molecule has 20 heavy (non-hydrogen) atoms. The average molecular weight is 278 g/mol. The van der Waals surface area contributed by atoms with Gasteiger partial charge in [0.1, 0.15) is 5.52 Å². The van der Waals surface area contributed by atoms with E-state index in [-0.39, 0.29) is 5.52 Å². The molecule has 0 spiro atoms. The zero-order chi connectivity index (χ0) is 14.4. The molecule has 0 aliphatic carbocycles. The number of nitrogens with zero attached hydrogens (tertiary/aromatic N) is 2. The molecule has 0 saturated carbocycles. The van der Waals surface area contributed by atoms with Crippen molar-refractivity contribution in [1.29, 1.82) is 0 Å². The summed E-state index contributed by atoms with van der Waals surface area (Å²) in [6, 6.07) is 4.30. The Morgan fingerprint density at radius 2 is 2.10 bits per heavy atom. The summed E-state index contributed by atoms with van der Waals surface area (Å²) in [5.74, 6) is -3.16. The number of anilines is 1. The molecule has 1 aromatic heterocycles. The topological polar surface area (TPSA) is 53.4 Å². The Balaban J connectivity index is 2.08. The molecular weight excluding hydrogens is 266 g/mol. The van der Waals surface area contributed by atoms with E-state index in [2.05, 4.69) is 4.98 Å². The fourth-order valence-electron chi connectivity index (χ4n) is 2.43. The molecule has 0 unspecified atom stereocenters. The molecule has 104 valence electrons. The van der Waals surface area contributed by atoms with Gasteiger partial charge in [-0.1, -0.05) is 0 Å². The third-order valence-electron chi connectivity index (χ3n) is 3.55. The second-order valence-corrected chi connectivity index (χ2v) is 4.98. The molecule has 1 aliphatic rings. The number of rotatable bonds is 2. The van der Waals surface area contributed by atoms with Crippen LogP contribution in [0.15, 0.2) is 18.2 Å². The number of aliphatic carboxylic acids is 1. The smallest absolute Gasteiger partial charge is 0.310 e. The van der Waals surface area contributed by atoms with Crippen LogP contribution >= 0.6 is 0 Å². The Bertz CT molecular complexity index is 712. The number of carbonyl (C=O) groups is 1. The van der Waals surface area contributed by atoms with Gasteiger partial charge >= 0.3 is 5.97 Å². The van der Waals surface area contributed by atoms with Gasteiger partial charge in [0.2, 0.25) is 0 Å². The minimum absolute atomic E-state index is 0.0150. The van der Waals surface area contributed by atoms with Crippen LogP contribution in [0.25, 0.3) is 10.9 Å². The summed E-state index contributed by atoms with van der Waals surface area (Å²) in [5.41, 5.74) is 1.25. The molecule has 2 heterocycles. The third kappa shape index (κ3) is 1.88. The van der Waals surface area contributed by atoms with E-state index >= 15 is 0 Å². The van der Waals surface area contributed by atoms with Gasteiger partial charge in [-0.05, 0) is 25.1 Å². The highest BCUT2D eigenvalue weighted by Gasteiger charge is 2.33. The van der Waals surface area contributed by atoms with Crippen molar-refractivity contribution in [2.45, 2.75) is 6.92 Å². The first-order valence-corrected chi connectivity index (χ1v) is 6.20. The van der Waals surface area contributed by atoms with E-state index in [1.165, 1.54) is 6.07 Å². The molecule has 0 radical (unpaired) electrons. The number of carboxylic acids is 1. The molecule has 1 N–H and O–H groups in total. The number of fused-ring (bicyclic) bond motifs is 1. The molecule has 4 nitrogen and oxygen atoms in total. The van der Waals surface area contributed by atoms with Crippen molar-refractivity contribution in [3.63, 3.8) is 0 Å². The Hall–Kier alpha value is -2.24. The number of halogens is 2. The van der Waals surface area contributed by atoms with E-state index in [0.29, 0.717) is 29.9 Å². The lowest BCUT2D eigenvalue weighted by molar-refractivity contribution is -0.142. The van der Waals surface area contributed by atoms with Gasteiger partial charge in [-0.3, -0.25) is 4.79 Å². The van der Waals surface area contributed by atoms with Gasteiger partial charge in [0.15, 0.2) is 11.6 Å². The van der Waals surface area contributed by atoms with Crippen LogP contribution < -0.4 is 4.90 Å².